The molecule has 5 heteroatoms. The van der Waals surface area contributed by atoms with E-state index in [1.165, 1.54) is 11.3 Å². The Morgan fingerprint density at radius 1 is 1.33 bits per heavy atom. The summed E-state index contributed by atoms with van der Waals surface area (Å²) in [7, 11) is 5.80. The van der Waals surface area contributed by atoms with Gasteiger partial charge in [-0.1, -0.05) is 11.8 Å². The minimum atomic E-state index is 0.0441. The number of carbonyl (C=O) groups is 1. The number of nitrogens with zero attached hydrogens (tertiary/aromatic N) is 2. The SMILES string of the molecule is CN(C)CCN(C)C(=O)c1ccc(C#CCN)s1. The van der Waals surface area contributed by atoms with Crippen LogP contribution in [0, 0.1) is 11.8 Å². The zero-order valence-corrected chi connectivity index (χ0v) is 11.9. The number of carbonyl (C=O) groups excluding carboxylic acids is 1. The van der Waals surface area contributed by atoms with Crippen LogP contribution in [0.2, 0.25) is 0 Å². The van der Waals surface area contributed by atoms with E-state index in [0.717, 1.165) is 16.3 Å². The predicted molar refractivity (Wildman–Crippen MR) is 75.8 cm³/mol. The van der Waals surface area contributed by atoms with Crippen LogP contribution >= 0.6 is 11.3 Å². The second kappa shape index (κ2) is 7.17. The van der Waals surface area contributed by atoms with Crippen molar-refractivity contribution in [2.75, 3.05) is 40.8 Å². The maximum Gasteiger partial charge on any atom is 0.263 e. The van der Waals surface area contributed by atoms with Crippen molar-refractivity contribution >= 4 is 17.2 Å². The van der Waals surface area contributed by atoms with Gasteiger partial charge in [-0.15, -0.1) is 11.3 Å². The summed E-state index contributed by atoms with van der Waals surface area (Å²) in [5.74, 6) is 5.76. The number of amides is 1. The highest BCUT2D eigenvalue weighted by molar-refractivity contribution is 7.14. The summed E-state index contributed by atoms with van der Waals surface area (Å²) in [6, 6.07) is 3.68. The molecule has 98 valence electrons. The van der Waals surface area contributed by atoms with Gasteiger partial charge in [-0.25, -0.2) is 0 Å². The van der Waals surface area contributed by atoms with E-state index in [2.05, 4.69) is 16.7 Å². The number of rotatable bonds is 4. The fourth-order valence-corrected chi connectivity index (χ4v) is 2.17. The van der Waals surface area contributed by atoms with Gasteiger partial charge in [0.25, 0.3) is 5.91 Å². The third-order valence-corrected chi connectivity index (χ3v) is 3.35. The first-order valence-electron chi connectivity index (χ1n) is 5.73. The molecule has 0 aliphatic carbocycles. The lowest BCUT2D eigenvalue weighted by molar-refractivity contribution is 0.0791. The third kappa shape index (κ3) is 4.49. The van der Waals surface area contributed by atoms with Crippen molar-refractivity contribution in [2.45, 2.75) is 0 Å². The molecule has 2 N–H and O–H groups in total. The highest BCUT2D eigenvalue weighted by atomic mass is 32.1. The second-order valence-corrected chi connectivity index (χ2v) is 5.28. The van der Waals surface area contributed by atoms with E-state index in [4.69, 9.17) is 5.73 Å². The number of hydrogen-bond acceptors (Lipinski definition) is 4. The first kappa shape index (κ1) is 14.7. The van der Waals surface area contributed by atoms with Gasteiger partial charge >= 0.3 is 0 Å². The number of hydrogen-bond donors (Lipinski definition) is 1. The molecule has 0 atom stereocenters. The molecule has 0 aliphatic rings. The van der Waals surface area contributed by atoms with Gasteiger partial charge in [0.05, 0.1) is 16.3 Å². The highest BCUT2D eigenvalue weighted by Crippen LogP contribution is 2.16. The van der Waals surface area contributed by atoms with Gasteiger partial charge in [0.15, 0.2) is 0 Å². The lowest BCUT2D eigenvalue weighted by Gasteiger charge is -2.18. The molecule has 0 aliphatic heterocycles. The summed E-state index contributed by atoms with van der Waals surface area (Å²) < 4.78 is 0. The van der Waals surface area contributed by atoms with Crippen molar-refractivity contribution in [3.63, 3.8) is 0 Å². The Morgan fingerprint density at radius 2 is 2.06 bits per heavy atom. The van der Waals surface area contributed by atoms with Crippen LogP contribution in [0.5, 0.6) is 0 Å². The van der Waals surface area contributed by atoms with E-state index >= 15 is 0 Å². The average Bonchev–Trinajstić information content (AvgIpc) is 2.81. The molecule has 0 saturated heterocycles. The lowest BCUT2D eigenvalue weighted by atomic mass is 10.3. The molecule has 1 aromatic heterocycles. The first-order chi connectivity index (χ1) is 8.54. The monoisotopic (exact) mass is 265 g/mol. The minimum absolute atomic E-state index is 0.0441. The van der Waals surface area contributed by atoms with Gasteiger partial charge in [-0.2, -0.15) is 0 Å². The zero-order chi connectivity index (χ0) is 13.5. The molecule has 1 heterocycles. The minimum Gasteiger partial charge on any atom is -0.340 e. The summed E-state index contributed by atoms with van der Waals surface area (Å²) in [6.45, 7) is 1.91. The summed E-state index contributed by atoms with van der Waals surface area (Å²) in [4.78, 5) is 17.5. The van der Waals surface area contributed by atoms with Crippen molar-refractivity contribution in [3.8, 4) is 11.8 Å². The van der Waals surface area contributed by atoms with Crippen LogP contribution in [-0.2, 0) is 0 Å². The van der Waals surface area contributed by atoms with E-state index in [9.17, 15) is 4.79 Å². The van der Waals surface area contributed by atoms with Crippen molar-refractivity contribution < 1.29 is 4.79 Å². The molecular weight excluding hydrogens is 246 g/mol. The molecule has 0 bridgehead atoms. The molecular formula is C13H19N3OS. The fraction of sp³-hybridized carbons (Fsp3) is 0.462. The Morgan fingerprint density at radius 3 is 2.67 bits per heavy atom. The standard InChI is InChI=1S/C13H19N3OS/c1-15(2)9-10-16(3)13(17)12-7-6-11(18-12)5-4-8-14/h6-7H,8-10,14H2,1-3H3. The van der Waals surface area contributed by atoms with Gasteiger partial charge in [0.1, 0.15) is 0 Å². The average molecular weight is 265 g/mol. The number of nitrogens with two attached hydrogens (primary N) is 1. The van der Waals surface area contributed by atoms with Gasteiger partial charge in [0, 0.05) is 20.1 Å². The number of likely N-dealkylation sites (N-methyl/N-ethyl adjacent to an activating group) is 2. The molecule has 1 aromatic rings. The van der Waals surface area contributed by atoms with E-state index < -0.39 is 0 Å². The summed E-state index contributed by atoms with van der Waals surface area (Å²) in [5.41, 5.74) is 5.31. The van der Waals surface area contributed by atoms with Crippen LogP contribution < -0.4 is 5.73 Å². The van der Waals surface area contributed by atoms with Gasteiger partial charge in [0.2, 0.25) is 0 Å². The molecule has 0 unspecified atom stereocenters. The van der Waals surface area contributed by atoms with Gasteiger partial charge in [-0.3, -0.25) is 4.79 Å². The van der Waals surface area contributed by atoms with E-state index in [1.54, 1.807) is 4.90 Å². The Kier molecular flexibility index (Phi) is 5.86. The number of thiophene rings is 1. The van der Waals surface area contributed by atoms with Crippen molar-refractivity contribution in [1.29, 1.82) is 0 Å². The molecule has 0 fully saturated rings. The van der Waals surface area contributed by atoms with Crippen LogP contribution in [0.15, 0.2) is 12.1 Å². The highest BCUT2D eigenvalue weighted by Gasteiger charge is 2.13. The van der Waals surface area contributed by atoms with E-state index in [-0.39, 0.29) is 5.91 Å². The van der Waals surface area contributed by atoms with Crippen LogP contribution in [0.3, 0.4) is 0 Å². The van der Waals surface area contributed by atoms with Gasteiger partial charge in [-0.05, 0) is 26.2 Å². The molecule has 18 heavy (non-hydrogen) atoms. The van der Waals surface area contributed by atoms with E-state index in [0.29, 0.717) is 13.1 Å². The topological polar surface area (TPSA) is 49.6 Å². The van der Waals surface area contributed by atoms with Crippen LogP contribution in [0.25, 0.3) is 0 Å². The Hall–Kier alpha value is -1.35. The van der Waals surface area contributed by atoms with Crippen molar-refractivity contribution in [1.82, 2.24) is 9.80 Å². The van der Waals surface area contributed by atoms with Crippen molar-refractivity contribution in [3.05, 3.63) is 21.9 Å². The zero-order valence-electron chi connectivity index (χ0n) is 11.1. The van der Waals surface area contributed by atoms with Crippen LogP contribution in [0.1, 0.15) is 14.5 Å². The predicted octanol–water partition coefficient (Wildman–Crippen LogP) is 0.692. The molecule has 0 aromatic carbocycles. The summed E-state index contributed by atoms with van der Waals surface area (Å²) >= 11 is 1.41. The molecule has 0 radical (unpaired) electrons. The van der Waals surface area contributed by atoms with Crippen LogP contribution in [-0.4, -0.2) is 56.5 Å². The fourth-order valence-electron chi connectivity index (χ4n) is 1.30. The van der Waals surface area contributed by atoms with Crippen molar-refractivity contribution in [2.24, 2.45) is 5.73 Å². The Bertz CT molecular complexity index is 456. The van der Waals surface area contributed by atoms with Crippen LogP contribution in [0.4, 0.5) is 0 Å². The molecule has 1 amide bonds. The largest absolute Gasteiger partial charge is 0.340 e. The van der Waals surface area contributed by atoms with Gasteiger partial charge < -0.3 is 15.5 Å². The first-order valence-corrected chi connectivity index (χ1v) is 6.55. The second-order valence-electron chi connectivity index (χ2n) is 4.20. The Balaban J connectivity index is 2.63. The molecule has 4 nitrogen and oxygen atoms in total. The molecule has 0 saturated carbocycles. The smallest absolute Gasteiger partial charge is 0.263 e. The summed E-state index contributed by atoms with van der Waals surface area (Å²) in [6.07, 6.45) is 0. The summed E-state index contributed by atoms with van der Waals surface area (Å²) in [5, 5.41) is 0. The molecule has 0 spiro atoms. The lowest BCUT2D eigenvalue weighted by Crippen LogP contribution is -2.33. The quantitative estimate of drug-likeness (QED) is 0.815. The maximum absolute atomic E-state index is 12.1. The molecule has 1 rings (SSSR count). The maximum atomic E-state index is 12.1. The third-order valence-electron chi connectivity index (χ3n) is 2.36. The Labute approximate surface area is 112 Å². The normalized spacial score (nSPS) is 10.1. The van der Waals surface area contributed by atoms with E-state index in [1.807, 2.05) is 33.3 Å².